The Hall–Kier alpha value is -1.69. The van der Waals surface area contributed by atoms with Gasteiger partial charge in [0.05, 0.1) is 6.04 Å². The van der Waals surface area contributed by atoms with Crippen molar-refractivity contribution in [2.75, 3.05) is 26.2 Å². The number of fused-ring (bicyclic) bond motifs is 2. The molecular formula is C18H23F2N3O. The van der Waals surface area contributed by atoms with Crippen LogP contribution in [-0.2, 0) is 0 Å². The molecule has 0 aliphatic carbocycles. The molecule has 0 radical (unpaired) electrons. The van der Waals surface area contributed by atoms with Crippen molar-refractivity contribution < 1.29 is 13.6 Å². The molecule has 2 amide bonds. The van der Waals surface area contributed by atoms with E-state index in [9.17, 15) is 13.6 Å². The Kier molecular flexibility index (Phi) is 3.95. The molecule has 6 heteroatoms. The molecule has 24 heavy (non-hydrogen) atoms. The third-order valence-electron chi connectivity index (χ3n) is 5.90. The molecule has 3 atom stereocenters. The van der Waals surface area contributed by atoms with Crippen LogP contribution in [0.15, 0.2) is 18.2 Å². The van der Waals surface area contributed by atoms with E-state index >= 15 is 0 Å². The minimum Gasteiger partial charge on any atom is -0.338 e. The second-order valence-electron chi connectivity index (χ2n) is 7.15. The van der Waals surface area contributed by atoms with Crippen molar-refractivity contribution in [2.45, 2.75) is 37.8 Å². The lowest BCUT2D eigenvalue weighted by Crippen LogP contribution is -2.61. The first-order valence-electron chi connectivity index (χ1n) is 8.83. The van der Waals surface area contributed by atoms with Gasteiger partial charge in [0.1, 0.15) is 11.6 Å². The highest BCUT2D eigenvalue weighted by Gasteiger charge is 2.54. The zero-order valence-electron chi connectivity index (χ0n) is 13.8. The van der Waals surface area contributed by atoms with Gasteiger partial charge in [0.25, 0.3) is 0 Å². The molecule has 4 nitrogen and oxygen atoms in total. The minimum atomic E-state index is -0.547. The van der Waals surface area contributed by atoms with Crippen LogP contribution < -0.4 is 5.32 Å². The molecule has 4 heterocycles. The highest BCUT2D eigenvalue weighted by atomic mass is 19.1. The van der Waals surface area contributed by atoms with Crippen molar-refractivity contribution in [3.8, 4) is 0 Å². The van der Waals surface area contributed by atoms with Gasteiger partial charge in [-0.15, -0.1) is 0 Å². The van der Waals surface area contributed by atoms with Crippen molar-refractivity contribution in [2.24, 2.45) is 5.92 Å². The Morgan fingerprint density at radius 3 is 2.46 bits per heavy atom. The maximum absolute atomic E-state index is 13.7. The number of hydrogen-bond acceptors (Lipinski definition) is 2. The van der Waals surface area contributed by atoms with E-state index in [4.69, 9.17) is 0 Å². The van der Waals surface area contributed by atoms with Gasteiger partial charge in [-0.3, -0.25) is 4.90 Å². The predicted molar refractivity (Wildman–Crippen MR) is 86.8 cm³/mol. The van der Waals surface area contributed by atoms with E-state index in [-0.39, 0.29) is 24.0 Å². The lowest BCUT2D eigenvalue weighted by Gasteiger charge is -2.51. The van der Waals surface area contributed by atoms with Crippen molar-refractivity contribution in [1.82, 2.24) is 15.1 Å². The highest BCUT2D eigenvalue weighted by Crippen LogP contribution is 2.46. The smallest absolute Gasteiger partial charge is 0.317 e. The summed E-state index contributed by atoms with van der Waals surface area (Å²) in [6, 6.07) is 4.02. The van der Waals surface area contributed by atoms with Gasteiger partial charge in [0.15, 0.2) is 0 Å². The van der Waals surface area contributed by atoms with Gasteiger partial charge in [0.2, 0.25) is 0 Å². The zero-order chi connectivity index (χ0) is 16.8. The molecule has 4 aliphatic heterocycles. The van der Waals surface area contributed by atoms with Crippen LogP contribution in [0.1, 0.15) is 31.2 Å². The first-order chi connectivity index (χ1) is 11.6. The van der Waals surface area contributed by atoms with Crippen LogP contribution in [0.3, 0.4) is 0 Å². The Morgan fingerprint density at radius 1 is 1.17 bits per heavy atom. The van der Waals surface area contributed by atoms with E-state index in [1.807, 2.05) is 11.8 Å². The van der Waals surface area contributed by atoms with Gasteiger partial charge in [0, 0.05) is 31.1 Å². The topological polar surface area (TPSA) is 35.6 Å². The van der Waals surface area contributed by atoms with Gasteiger partial charge < -0.3 is 10.2 Å². The van der Waals surface area contributed by atoms with Gasteiger partial charge >= 0.3 is 6.03 Å². The summed E-state index contributed by atoms with van der Waals surface area (Å²) >= 11 is 0. The van der Waals surface area contributed by atoms with E-state index < -0.39 is 11.6 Å². The van der Waals surface area contributed by atoms with E-state index in [0.29, 0.717) is 24.6 Å². The summed E-state index contributed by atoms with van der Waals surface area (Å²) in [4.78, 5) is 16.9. The fourth-order valence-corrected chi connectivity index (χ4v) is 4.99. The number of nitrogens with zero attached hydrogens (tertiary/aromatic N) is 2. The number of carbonyl (C=O) groups is 1. The van der Waals surface area contributed by atoms with Gasteiger partial charge in [-0.25, -0.2) is 13.6 Å². The summed E-state index contributed by atoms with van der Waals surface area (Å²) in [7, 11) is 0. The fraction of sp³-hybridized carbons (Fsp3) is 0.611. The number of rotatable bonds is 2. The minimum absolute atomic E-state index is 0.0362. The number of urea groups is 1. The van der Waals surface area contributed by atoms with E-state index in [2.05, 4.69) is 10.2 Å². The molecule has 130 valence electrons. The molecule has 1 aromatic carbocycles. The third-order valence-corrected chi connectivity index (χ3v) is 5.90. The summed E-state index contributed by atoms with van der Waals surface area (Å²) in [6.45, 7) is 5.05. The van der Waals surface area contributed by atoms with Crippen molar-refractivity contribution in [1.29, 1.82) is 0 Å². The molecule has 0 saturated carbocycles. The van der Waals surface area contributed by atoms with Crippen LogP contribution in [0.25, 0.3) is 0 Å². The van der Waals surface area contributed by atoms with Crippen molar-refractivity contribution in [3.63, 3.8) is 0 Å². The molecular weight excluding hydrogens is 312 g/mol. The van der Waals surface area contributed by atoms with Gasteiger partial charge in [-0.1, -0.05) is 0 Å². The van der Waals surface area contributed by atoms with E-state index in [1.54, 1.807) is 0 Å². The van der Waals surface area contributed by atoms with Crippen LogP contribution in [0.2, 0.25) is 0 Å². The maximum atomic E-state index is 13.7. The lowest BCUT2D eigenvalue weighted by molar-refractivity contribution is 0.00356. The quantitative estimate of drug-likeness (QED) is 0.902. The number of hydrogen-bond donors (Lipinski definition) is 1. The average Bonchev–Trinajstić information content (AvgIpc) is 2.98. The van der Waals surface area contributed by atoms with E-state index in [0.717, 1.165) is 32.0 Å². The monoisotopic (exact) mass is 335 g/mol. The summed E-state index contributed by atoms with van der Waals surface area (Å²) in [5.41, 5.74) is 0.668. The number of benzene rings is 1. The molecule has 0 unspecified atom stereocenters. The first-order valence-corrected chi connectivity index (χ1v) is 8.83. The first kappa shape index (κ1) is 15.8. The van der Waals surface area contributed by atoms with E-state index in [1.165, 1.54) is 12.1 Å². The number of piperidine rings is 3. The maximum Gasteiger partial charge on any atom is 0.317 e. The van der Waals surface area contributed by atoms with Crippen LogP contribution in [-0.4, -0.2) is 54.1 Å². The normalized spacial score (nSPS) is 34.3. The Bertz CT molecular complexity index is 625. The number of carbonyl (C=O) groups excluding carboxylic acids is 1. The summed E-state index contributed by atoms with van der Waals surface area (Å²) in [5.74, 6) is -0.639. The molecule has 2 bridgehead atoms. The number of halogens is 2. The average molecular weight is 335 g/mol. The molecule has 4 saturated heterocycles. The van der Waals surface area contributed by atoms with Crippen LogP contribution in [0, 0.1) is 17.6 Å². The second kappa shape index (κ2) is 5.99. The third kappa shape index (κ3) is 2.48. The molecule has 4 fully saturated rings. The number of amides is 2. The summed E-state index contributed by atoms with van der Waals surface area (Å²) < 4.78 is 27.4. The second-order valence-corrected chi connectivity index (χ2v) is 7.15. The Morgan fingerprint density at radius 2 is 1.83 bits per heavy atom. The van der Waals surface area contributed by atoms with Crippen molar-refractivity contribution >= 4 is 6.03 Å². The molecule has 4 aliphatic rings. The van der Waals surface area contributed by atoms with Crippen LogP contribution in [0.4, 0.5) is 13.6 Å². The molecule has 1 aromatic rings. The Balaban J connectivity index is 1.71. The molecule has 0 aromatic heterocycles. The SMILES string of the molecule is CCNC(=O)N1C[C@@H](c2cc(F)cc(F)c2)[C@@H]2[C@H]1C1CCN2CC1. The predicted octanol–water partition coefficient (Wildman–Crippen LogP) is 2.56. The molecule has 5 rings (SSSR count). The number of likely N-dealkylation sites (tertiary alicyclic amines) is 1. The van der Waals surface area contributed by atoms with Crippen LogP contribution >= 0.6 is 0 Å². The lowest BCUT2D eigenvalue weighted by atomic mass is 9.75. The van der Waals surface area contributed by atoms with Crippen LogP contribution in [0.5, 0.6) is 0 Å². The number of nitrogens with one attached hydrogen (secondary N) is 1. The van der Waals surface area contributed by atoms with Gasteiger partial charge in [-0.2, -0.15) is 0 Å². The molecule has 1 N–H and O–H groups in total. The fourth-order valence-electron chi connectivity index (χ4n) is 4.99. The largest absolute Gasteiger partial charge is 0.338 e. The standard InChI is InChI=1S/C18H23F2N3O/c1-2-21-18(24)23-10-15(12-7-13(19)9-14(20)8-12)17-16(23)11-3-5-22(17)6-4-11/h7-9,11,15-17H,2-6,10H2,1H3,(H,21,24)/t15-,16+,17+/m0/s1. The zero-order valence-corrected chi connectivity index (χ0v) is 13.8. The highest BCUT2D eigenvalue weighted by molar-refractivity contribution is 5.75. The summed E-state index contributed by atoms with van der Waals surface area (Å²) in [5, 5.41) is 2.90. The Labute approximate surface area is 140 Å². The molecule has 0 spiro atoms. The van der Waals surface area contributed by atoms with Gasteiger partial charge in [-0.05, 0) is 56.5 Å². The van der Waals surface area contributed by atoms with Crippen molar-refractivity contribution in [3.05, 3.63) is 35.4 Å². The summed E-state index contributed by atoms with van der Waals surface area (Å²) in [6.07, 6.45) is 2.20.